The van der Waals surface area contributed by atoms with Crippen LogP contribution in [-0.2, 0) is 4.74 Å². The summed E-state index contributed by atoms with van der Waals surface area (Å²) in [6.07, 6.45) is -0.113. The topological polar surface area (TPSA) is 73.7 Å². The van der Waals surface area contributed by atoms with Crippen molar-refractivity contribution in [1.29, 1.82) is 0 Å². The Morgan fingerprint density at radius 2 is 1.84 bits per heavy atom. The Labute approximate surface area is 145 Å². The SMILES string of the molecule is COc1cc(=O)n(-c2ccccc2)nc1C(=O)N1C[C@@H](C)O[C@H](C)C1. The molecule has 2 aromatic rings. The number of rotatable bonds is 3. The van der Waals surface area contributed by atoms with Crippen LogP contribution in [0.1, 0.15) is 24.3 Å². The molecule has 7 heteroatoms. The molecule has 1 fully saturated rings. The number of carbonyl (C=O) groups excluding carboxylic acids is 1. The largest absolute Gasteiger partial charge is 0.494 e. The number of hydrogen-bond donors (Lipinski definition) is 0. The third kappa shape index (κ3) is 3.56. The fourth-order valence-electron chi connectivity index (χ4n) is 2.99. The molecule has 1 aliphatic heterocycles. The Balaban J connectivity index is 2.02. The summed E-state index contributed by atoms with van der Waals surface area (Å²) >= 11 is 0. The third-order valence-corrected chi connectivity index (χ3v) is 4.03. The Morgan fingerprint density at radius 3 is 2.44 bits per heavy atom. The molecule has 0 radical (unpaired) electrons. The Hall–Kier alpha value is -2.67. The molecule has 0 aliphatic carbocycles. The second-order valence-electron chi connectivity index (χ2n) is 6.11. The van der Waals surface area contributed by atoms with Crippen molar-refractivity contribution in [3.05, 3.63) is 52.4 Å². The number of benzene rings is 1. The van der Waals surface area contributed by atoms with Gasteiger partial charge in [-0.3, -0.25) is 9.59 Å². The zero-order valence-electron chi connectivity index (χ0n) is 14.5. The van der Waals surface area contributed by atoms with E-state index in [1.807, 2.05) is 19.9 Å². The smallest absolute Gasteiger partial charge is 0.278 e. The normalized spacial score (nSPS) is 20.4. The first-order valence-electron chi connectivity index (χ1n) is 8.18. The van der Waals surface area contributed by atoms with E-state index in [0.717, 1.165) is 0 Å². The standard InChI is InChI=1S/C18H21N3O4/c1-12-10-20(11-13(2)25-12)18(23)17-15(24-3)9-16(22)21(19-17)14-7-5-4-6-8-14/h4-9,12-13H,10-11H2,1-3H3/t12-,13-/m1/s1. The van der Waals surface area contributed by atoms with E-state index in [9.17, 15) is 9.59 Å². The highest BCUT2D eigenvalue weighted by atomic mass is 16.5. The Bertz CT molecular complexity index is 809. The summed E-state index contributed by atoms with van der Waals surface area (Å²) in [5, 5.41) is 4.29. The number of ether oxygens (including phenoxy) is 2. The van der Waals surface area contributed by atoms with E-state index in [1.165, 1.54) is 17.9 Å². The molecular weight excluding hydrogens is 322 g/mol. The van der Waals surface area contributed by atoms with Crippen molar-refractivity contribution in [2.75, 3.05) is 20.2 Å². The molecule has 132 valence electrons. The predicted molar refractivity (Wildman–Crippen MR) is 92.3 cm³/mol. The zero-order chi connectivity index (χ0) is 18.0. The van der Waals surface area contributed by atoms with Crippen molar-refractivity contribution in [2.24, 2.45) is 0 Å². The van der Waals surface area contributed by atoms with E-state index in [-0.39, 0.29) is 35.1 Å². The molecule has 1 aliphatic rings. The van der Waals surface area contributed by atoms with Gasteiger partial charge >= 0.3 is 0 Å². The Morgan fingerprint density at radius 1 is 1.20 bits per heavy atom. The molecule has 1 amide bonds. The molecule has 0 unspecified atom stereocenters. The summed E-state index contributed by atoms with van der Waals surface area (Å²) in [6.45, 7) is 4.79. The molecule has 2 heterocycles. The molecule has 0 spiro atoms. The summed E-state index contributed by atoms with van der Waals surface area (Å²) in [6, 6.07) is 10.3. The molecule has 0 N–H and O–H groups in total. The van der Waals surface area contributed by atoms with Gasteiger partial charge in [0.1, 0.15) is 0 Å². The zero-order valence-corrected chi connectivity index (χ0v) is 14.5. The average molecular weight is 343 g/mol. The van der Waals surface area contributed by atoms with E-state index in [4.69, 9.17) is 9.47 Å². The fraction of sp³-hybridized carbons (Fsp3) is 0.389. The lowest BCUT2D eigenvalue weighted by molar-refractivity contribution is -0.0588. The number of aromatic nitrogens is 2. The van der Waals surface area contributed by atoms with Gasteiger partial charge in [-0.1, -0.05) is 18.2 Å². The highest BCUT2D eigenvalue weighted by molar-refractivity contribution is 5.95. The lowest BCUT2D eigenvalue weighted by atomic mass is 10.2. The Kier molecular flexibility index (Phi) is 4.85. The highest BCUT2D eigenvalue weighted by Crippen LogP contribution is 2.19. The molecule has 25 heavy (non-hydrogen) atoms. The highest BCUT2D eigenvalue weighted by Gasteiger charge is 2.30. The van der Waals surface area contributed by atoms with Gasteiger partial charge in [0.15, 0.2) is 11.4 Å². The molecule has 2 atom stereocenters. The molecule has 1 aromatic carbocycles. The lowest BCUT2D eigenvalue weighted by Gasteiger charge is -2.35. The fourth-order valence-corrected chi connectivity index (χ4v) is 2.99. The first-order valence-corrected chi connectivity index (χ1v) is 8.18. The maximum atomic E-state index is 13.0. The molecular formula is C18H21N3O4. The van der Waals surface area contributed by atoms with E-state index < -0.39 is 0 Å². The van der Waals surface area contributed by atoms with Crippen LogP contribution in [0.15, 0.2) is 41.2 Å². The second-order valence-corrected chi connectivity index (χ2v) is 6.11. The van der Waals surface area contributed by atoms with Crippen LogP contribution in [0.25, 0.3) is 5.69 Å². The summed E-state index contributed by atoms with van der Waals surface area (Å²) in [4.78, 5) is 27.0. The number of morpholine rings is 1. The quantitative estimate of drug-likeness (QED) is 0.844. The van der Waals surface area contributed by atoms with Gasteiger partial charge in [-0.15, -0.1) is 0 Å². The van der Waals surface area contributed by atoms with Gasteiger partial charge in [-0.25, -0.2) is 0 Å². The van der Waals surface area contributed by atoms with Crippen LogP contribution in [0.4, 0.5) is 0 Å². The number of hydrogen-bond acceptors (Lipinski definition) is 5. The number of nitrogens with zero attached hydrogens (tertiary/aromatic N) is 3. The van der Waals surface area contributed by atoms with E-state index in [0.29, 0.717) is 18.8 Å². The molecule has 0 saturated carbocycles. The first-order chi connectivity index (χ1) is 12.0. The van der Waals surface area contributed by atoms with Crippen molar-refractivity contribution in [2.45, 2.75) is 26.1 Å². The van der Waals surface area contributed by atoms with Gasteiger partial charge < -0.3 is 14.4 Å². The summed E-state index contributed by atoms with van der Waals surface area (Å²) in [5.41, 5.74) is 0.350. The van der Waals surface area contributed by atoms with Crippen molar-refractivity contribution in [3.63, 3.8) is 0 Å². The van der Waals surface area contributed by atoms with Crippen LogP contribution < -0.4 is 10.3 Å². The second kappa shape index (κ2) is 7.06. The third-order valence-electron chi connectivity index (χ3n) is 4.03. The maximum Gasteiger partial charge on any atom is 0.278 e. The monoisotopic (exact) mass is 343 g/mol. The van der Waals surface area contributed by atoms with Crippen LogP contribution >= 0.6 is 0 Å². The van der Waals surface area contributed by atoms with Gasteiger partial charge in [0, 0.05) is 13.1 Å². The molecule has 3 rings (SSSR count). The van der Waals surface area contributed by atoms with E-state index in [2.05, 4.69) is 5.10 Å². The summed E-state index contributed by atoms with van der Waals surface area (Å²) in [5.74, 6) is -0.0995. The number of para-hydroxylation sites is 1. The van der Waals surface area contributed by atoms with Crippen LogP contribution in [0.5, 0.6) is 5.75 Å². The number of methoxy groups -OCH3 is 1. The number of amides is 1. The van der Waals surface area contributed by atoms with Gasteiger partial charge in [-0.2, -0.15) is 9.78 Å². The lowest BCUT2D eigenvalue weighted by Crippen LogP contribution is -2.48. The molecule has 1 saturated heterocycles. The van der Waals surface area contributed by atoms with Crippen molar-refractivity contribution >= 4 is 5.91 Å². The molecule has 1 aromatic heterocycles. The van der Waals surface area contributed by atoms with Crippen molar-refractivity contribution < 1.29 is 14.3 Å². The van der Waals surface area contributed by atoms with Crippen molar-refractivity contribution in [1.82, 2.24) is 14.7 Å². The molecule has 0 bridgehead atoms. The minimum Gasteiger partial charge on any atom is -0.494 e. The van der Waals surface area contributed by atoms with Crippen LogP contribution in [0.2, 0.25) is 0 Å². The molecule has 7 nitrogen and oxygen atoms in total. The maximum absolute atomic E-state index is 13.0. The summed E-state index contributed by atoms with van der Waals surface area (Å²) in [7, 11) is 1.42. The number of carbonyl (C=O) groups is 1. The summed E-state index contributed by atoms with van der Waals surface area (Å²) < 4.78 is 12.1. The van der Waals surface area contributed by atoms with Crippen LogP contribution in [0, 0.1) is 0 Å². The predicted octanol–water partition coefficient (Wildman–Crippen LogP) is 1.49. The average Bonchev–Trinajstić information content (AvgIpc) is 2.60. The van der Waals surface area contributed by atoms with Crippen LogP contribution in [-0.4, -0.2) is 53.0 Å². The minimum atomic E-state index is -0.358. The minimum absolute atomic E-state index is 0.0567. The first kappa shape index (κ1) is 17.2. The van der Waals surface area contributed by atoms with Gasteiger partial charge in [-0.05, 0) is 26.0 Å². The van der Waals surface area contributed by atoms with Gasteiger partial charge in [0.2, 0.25) is 0 Å². The van der Waals surface area contributed by atoms with Crippen LogP contribution in [0.3, 0.4) is 0 Å². The van der Waals surface area contributed by atoms with Gasteiger partial charge in [0.05, 0.1) is 31.1 Å². The van der Waals surface area contributed by atoms with Crippen molar-refractivity contribution in [3.8, 4) is 11.4 Å². The van der Waals surface area contributed by atoms with E-state index in [1.54, 1.807) is 29.2 Å². The van der Waals surface area contributed by atoms with E-state index >= 15 is 0 Å². The van der Waals surface area contributed by atoms with Gasteiger partial charge in [0.25, 0.3) is 11.5 Å².